The standard InChI is InChI=1S/C13H25NO/c1-3-11-6-8-13(15-2,9-7-11)10-14-12-4-5-12/h11-12,14H,3-10H2,1-2H3. The normalized spacial score (nSPS) is 36.8. The maximum Gasteiger partial charge on any atom is 0.0802 e. The van der Waals surface area contributed by atoms with Crippen molar-refractivity contribution in [2.45, 2.75) is 63.5 Å². The zero-order valence-corrected chi connectivity index (χ0v) is 10.2. The second-order valence-corrected chi connectivity index (χ2v) is 5.39. The Balaban J connectivity index is 1.79. The molecule has 0 aliphatic heterocycles. The summed E-state index contributed by atoms with van der Waals surface area (Å²) in [6.07, 6.45) is 9.31. The molecule has 2 aliphatic rings. The molecule has 2 fully saturated rings. The van der Waals surface area contributed by atoms with Gasteiger partial charge >= 0.3 is 0 Å². The first-order chi connectivity index (χ1) is 7.28. The smallest absolute Gasteiger partial charge is 0.0802 e. The number of hydrogen-bond donors (Lipinski definition) is 1. The van der Waals surface area contributed by atoms with Gasteiger partial charge in [0.2, 0.25) is 0 Å². The molecule has 2 rings (SSSR count). The van der Waals surface area contributed by atoms with Gasteiger partial charge in [0, 0.05) is 19.7 Å². The van der Waals surface area contributed by atoms with E-state index in [9.17, 15) is 0 Å². The molecule has 2 nitrogen and oxygen atoms in total. The Kier molecular flexibility index (Phi) is 3.68. The Hall–Kier alpha value is -0.0800. The predicted octanol–water partition coefficient (Wildman–Crippen LogP) is 2.72. The third kappa shape index (κ3) is 2.94. The molecule has 0 aromatic carbocycles. The van der Waals surface area contributed by atoms with Gasteiger partial charge in [0.05, 0.1) is 5.60 Å². The van der Waals surface area contributed by atoms with Gasteiger partial charge in [-0.25, -0.2) is 0 Å². The van der Waals surface area contributed by atoms with Crippen LogP contribution in [-0.4, -0.2) is 25.3 Å². The van der Waals surface area contributed by atoms with Gasteiger partial charge in [0.1, 0.15) is 0 Å². The molecule has 0 aromatic rings. The highest BCUT2D eigenvalue weighted by Gasteiger charge is 2.36. The SMILES string of the molecule is CCC1CCC(CNC2CC2)(OC)CC1. The highest BCUT2D eigenvalue weighted by Crippen LogP contribution is 2.36. The molecule has 0 bridgehead atoms. The Bertz CT molecular complexity index is 193. The molecule has 2 aliphatic carbocycles. The second kappa shape index (κ2) is 4.84. The quantitative estimate of drug-likeness (QED) is 0.755. The van der Waals surface area contributed by atoms with Crippen LogP contribution in [0.5, 0.6) is 0 Å². The summed E-state index contributed by atoms with van der Waals surface area (Å²) < 4.78 is 5.79. The first kappa shape index (κ1) is 11.4. The summed E-state index contributed by atoms with van der Waals surface area (Å²) in [5.41, 5.74) is 0.161. The van der Waals surface area contributed by atoms with E-state index in [-0.39, 0.29) is 5.60 Å². The molecule has 0 atom stereocenters. The molecule has 88 valence electrons. The molecular formula is C13H25NO. The summed E-state index contributed by atoms with van der Waals surface area (Å²) in [5, 5.41) is 3.63. The number of ether oxygens (including phenoxy) is 1. The van der Waals surface area contributed by atoms with Crippen LogP contribution < -0.4 is 5.32 Å². The fourth-order valence-electron chi connectivity index (χ4n) is 2.68. The van der Waals surface area contributed by atoms with Crippen LogP contribution in [0.15, 0.2) is 0 Å². The van der Waals surface area contributed by atoms with Gasteiger partial charge in [0.25, 0.3) is 0 Å². The molecule has 0 amide bonds. The Labute approximate surface area is 93.8 Å². The Morgan fingerprint density at radius 1 is 1.20 bits per heavy atom. The zero-order valence-electron chi connectivity index (χ0n) is 10.2. The van der Waals surface area contributed by atoms with Crippen molar-refractivity contribution in [3.8, 4) is 0 Å². The summed E-state index contributed by atoms with van der Waals surface area (Å²) in [6, 6.07) is 0.806. The molecule has 0 heterocycles. The number of hydrogen-bond acceptors (Lipinski definition) is 2. The summed E-state index contributed by atoms with van der Waals surface area (Å²) >= 11 is 0. The molecule has 0 aromatic heterocycles. The van der Waals surface area contributed by atoms with Crippen LogP contribution in [0.25, 0.3) is 0 Å². The highest BCUT2D eigenvalue weighted by atomic mass is 16.5. The molecule has 1 N–H and O–H groups in total. The minimum Gasteiger partial charge on any atom is -0.377 e. The zero-order chi connectivity index (χ0) is 10.7. The Morgan fingerprint density at radius 3 is 2.33 bits per heavy atom. The lowest BCUT2D eigenvalue weighted by atomic mass is 9.77. The van der Waals surface area contributed by atoms with E-state index in [1.165, 1.54) is 44.9 Å². The van der Waals surface area contributed by atoms with Crippen molar-refractivity contribution in [3.05, 3.63) is 0 Å². The van der Waals surface area contributed by atoms with Crippen molar-refractivity contribution in [2.24, 2.45) is 5.92 Å². The van der Waals surface area contributed by atoms with Crippen molar-refractivity contribution in [1.82, 2.24) is 5.32 Å². The van der Waals surface area contributed by atoms with Gasteiger partial charge in [-0.15, -0.1) is 0 Å². The fraction of sp³-hybridized carbons (Fsp3) is 1.00. The van der Waals surface area contributed by atoms with E-state index >= 15 is 0 Å². The maximum atomic E-state index is 5.79. The fourth-order valence-corrected chi connectivity index (χ4v) is 2.68. The largest absolute Gasteiger partial charge is 0.377 e. The van der Waals surface area contributed by atoms with Crippen molar-refractivity contribution < 1.29 is 4.74 Å². The lowest BCUT2D eigenvalue weighted by Crippen LogP contribution is -2.45. The lowest BCUT2D eigenvalue weighted by molar-refractivity contribution is -0.0478. The van der Waals surface area contributed by atoms with Gasteiger partial charge in [-0.05, 0) is 44.4 Å². The number of nitrogens with one attached hydrogen (secondary N) is 1. The van der Waals surface area contributed by atoms with Crippen LogP contribution in [0.3, 0.4) is 0 Å². The molecule has 0 radical (unpaired) electrons. The highest BCUT2D eigenvalue weighted by molar-refractivity contribution is 4.92. The topological polar surface area (TPSA) is 21.3 Å². The molecular weight excluding hydrogens is 186 g/mol. The lowest BCUT2D eigenvalue weighted by Gasteiger charge is -2.39. The first-order valence-electron chi connectivity index (χ1n) is 6.56. The van der Waals surface area contributed by atoms with E-state index in [1.807, 2.05) is 7.11 Å². The van der Waals surface area contributed by atoms with E-state index in [0.717, 1.165) is 18.5 Å². The second-order valence-electron chi connectivity index (χ2n) is 5.39. The van der Waals surface area contributed by atoms with E-state index in [0.29, 0.717) is 0 Å². The van der Waals surface area contributed by atoms with E-state index in [2.05, 4.69) is 12.2 Å². The van der Waals surface area contributed by atoms with Gasteiger partial charge in [-0.1, -0.05) is 13.3 Å². The molecule has 2 heteroatoms. The van der Waals surface area contributed by atoms with Crippen LogP contribution in [0.4, 0.5) is 0 Å². The van der Waals surface area contributed by atoms with Crippen molar-refractivity contribution in [1.29, 1.82) is 0 Å². The predicted molar refractivity (Wildman–Crippen MR) is 63.0 cm³/mol. The summed E-state index contributed by atoms with van der Waals surface area (Å²) in [7, 11) is 1.89. The van der Waals surface area contributed by atoms with Crippen molar-refractivity contribution >= 4 is 0 Å². The third-order valence-corrected chi connectivity index (χ3v) is 4.32. The number of rotatable bonds is 5. The molecule has 2 saturated carbocycles. The molecule has 0 spiro atoms. The van der Waals surface area contributed by atoms with Crippen molar-refractivity contribution in [2.75, 3.05) is 13.7 Å². The molecule has 0 unspecified atom stereocenters. The average Bonchev–Trinajstić information content (AvgIpc) is 3.11. The van der Waals surface area contributed by atoms with Crippen molar-refractivity contribution in [3.63, 3.8) is 0 Å². The summed E-state index contributed by atoms with van der Waals surface area (Å²) in [6.45, 7) is 3.39. The van der Waals surface area contributed by atoms with Crippen LogP contribution in [0.1, 0.15) is 51.9 Å². The van der Waals surface area contributed by atoms with Gasteiger partial charge in [-0.2, -0.15) is 0 Å². The van der Waals surface area contributed by atoms with Crippen LogP contribution in [0, 0.1) is 5.92 Å². The van der Waals surface area contributed by atoms with E-state index < -0.39 is 0 Å². The van der Waals surface area contributed by atoms with Gasteiger partial charge in [-0.3, -0.25) is 0 Å². The molecule has 0 saturated heterocycles. The first-order valence-corrected chi connectivity index (χ1v) is 6.56. The minimum absolute atomic E-state index is 0.161. The monoisotopic (exact) mass is 211 g/mol. The van der Waals surface area contributed by atoms with E-state index in [4.69, 9.17) is 4.74 Å². The number of methoxy groups -OCH3 is 1. The third-order valence-electron chi connectivity index (χ3n) is 4.32. The van der Waals surface area contributed by atoms with Crippen LogP contribution in [-0.2, 0) is 4.74 Å². The minimum atomic E-state index is 0.161. The average molecular weight is 211 g/mol. The summed E-state index contributed by atoms with van der Waals surface area (Å²) in [4.78, 5) is 0. The maximum absolute atomic E-state index is 5.79. The Morgan fingerprint density at radius 2 is 1.87 bits per heavy atom. The van der Waals surface area contributed by atoms with Crippen LogP contribution in [0.2, 0.25) is 0 Å². The van der Waals surface area contributed by atoms with Gasteiger partial charge in [0.15, 0.2) is 0 Å². The van der Waals surface area contributed by atoms with E-state index in [1.54, 1.807) is 0 Å². The molecule has 15 heavy (non-hydrogen) atoms. The van der Waals surface area contributed by atoms with Crippen LogP contribution >= 0.6 is 0 Å². The van der Waals surface area contributed by atoms with Gasteiger partial charge < -0.3 is 10.1 Å². The summed E-state index contributed by atoms with van der Waals surface area (Å²) in [5.74, 6) is 0.953.